The van der Waals surface area contributed by atoms with Gasteiger partial charge >= 0.3 is 0 Å². The van der Waals surface area contributed by atoms with Gasteiger partial charge in [0, 0.05) is 30.3 Å². The van der Waals surface area contributed by atoms with E-state index in [1.165, 1.54) is 24.3 Å². The molecule has 0 spiro atoms. The second-order valence-corrected chi connectivity index (χ2v) is 6.43. The monoisotopic (exact) mass is 379 g/mol. The Morgan fingerprint density at radius 3 is 2.68 bits per heavy atom. The third kappa shape index (κ3) is 3.67. The van der Waals surface area contributed by atoms with Crippen LogP contribution in [0.15, 0.2) is 47.5 Å². The molecule has 0 bridgehead atoms. The molecule has 1 aliphatic rings. The van der Waals surface area contributed by atoms with Gasteiger partial charge in [0.1, 0.15) is 11.6 Å². The first-order valence-electron chi connectivity index (χ1n) is 8.59. The number of hydrazine groups is 1. The molecule has 4 N–H and O–H groups in total. The first-order chi connectivity index (χ1) is 13.5. The van der Waals surface area contributed by atoms with Crippen molar-refractivity contribution in [1.29, 1.82) is 0 Å². The van der Waals surface area contributed by atoms with Crippen molar-refractivity contribution in [3.8, 4) is 5.75 Å². The molecule has 0 radical (unpaired) electrons. The number of aromatic hydroxyl groups is 1. The molecule has 2 heterocycles. The second kappa shape index (κ2) is 7.08. The molecule has 1 atom stereocenters. The van der Waals surface area contributed by atoms with Crippen molar-refractivity contribution in [2.24, 2.45) is 4.99 Å². The highest BCUT2D eigenvalue weighted by Crippen LogP contribution is 2.29. The van der Waals surface area contributed by atoms with E-state index in [9.17, 15) is 15.2 Å². The SMILES string of the molecule is CC1CC(=Nc2nc3ccc([N+](=O)[O-])cc3nc2Nc2ccc(O)cc2)NN1. The molecule has 1 saturated heterocycles. The van der Waals surface area contributed by atoms with Crippen LogP contribution in [0.2, 0.25) is 0 Å². The summed E-state index contributed by atoms with van der Waals surface area (Å²) in [7, 11) is 0. The first-order valence-corrected chi connectivity index (χ1v) is 8.59. The second-order valence-electron chi connectivity index (χ2n) is 6.43. The van der Waals surface area contributed by atoms with Crippen LogP contribution in [0.4, 0.5) is 23.0 Å². The molecule has 142 valence electrons. The maximum absolute atomic E-state index is 11.1. The Balaban J connectivity index is 1.80. The Bertz CT molecular complexity index is 1080. The maximum atomic E-state index is 11.1. The zero-order chi connectivity index (χ0) is 19.7. The number of aromatic nitrogens is 2. The summed E-state index contributed by atoms with van der Waals surface area (Å²) in [5.74, 6) is 1.57. The van der Waals surface area contributed by atoms with Crippen molar-refractivity contribution in [3.05, 3.63) is 52.6 Å². The lowest BCUT2D eigenvalue weighted by molar-refractivity contribution is -0.384. The van der Waals surface area contributed by atoms with Gasteiger partial charge in [-0.3, -0.25) is 10.1 Å². The van der Waals surface area contributed by atoms with Crippen molar-refractivity contribution in [1.82, 2.24) is 20.8 Å². The van der Waals surface area contributed by atoms with E-state index >= 15 is 0 Å². The summed E-state index contributed by atoms with van der Waals surface area (Å²) in [5, 5.41) is 23.6. The highest BCUT2D eigenvalue weighted by molar-refractivity contribution is 5.89. The third-order valence-electron chi connectivity index (χ3n) is 4.17. The Kier molecular flexibility index (Phi) is 4.45. The molecule has 4 rings (SSSR count). The summed E-state index contributed by atoms with van der Waals surface area (Å²) in [5.41, 5.74) is 7.57. The van der Waals surface area contributed by atoms with E-state index in [0.717, 1.165) is 5.84 Å². The van der Waals surface area contributed by atoms with E-state index in [1.807, 2.05) is 6.92 Å². The molecule has 2 aromatic carbocycles. The molecule has 3 aromatic rings. The number of non-ortho nitro benzene ring substituents is 1. The molecule has 1 fully saturated rings. The van der Waals surface area contributed by atoms with Crippen molar-refractivity contribution >= 4 is 39.9 Å². The smallest absolute Gasteiger partial charge is 0.271 e. The fourth-order valence-electron chi connectivity index (χ4n) is 2.79. The number of rotatable bonds is 4. The number of hydrogen-bond donors (Lipinski definition) is 4. The van der Waals surface area contributed by atoms with Gasteiger partial charge in [-0.2, -0.15) is 0 Å². The number of nitrogens with zero attached hydrogens (tertiary/aromatic N) is 4. The fraction of sp³-hybridized carbons (Fsp3) is 0.167. The molecule has 0 aliphatic carbocycles. The number of fused-ring (bicyclic) bond motifs is 1. The third-order valence-corrected chi connectivity index (χ3v) is 4.17. The topological polar surface area (TPSA) is 138 Å². The quantitative estimate of drug-likeness (QED) is 0.308. The summed E-state index contributed by atoms with van der Waals surface area (Å²) >= 11 is 0. The summed E-state index contributed by atoms with van der Waals surface area (Å²) in [6, 6.07) is 11.0. The fourth-order valence-corrected chi connectivity index (χ4v) is 2.79. The highest BCUT2D eigenvalue weighted by atomic mass is 16.6. The van der Waals surface area contributed by atoms with Gasteiger partial charge in [0.2, 0.25) is 0 Å². The van der Waals surface area contributed by atoms with Crippen LogP contribution in [0, 0.1) is 10.1 Å². The van der Waals surface area contributed by atoms with Crippen molar-refractivity contribution < 1.29 is 10.0 Å². The number of nitro groups is 1. The minimum Gasteiger partial charge on any atom is -0.508 e. The van der Waals surface area contributed by atoms with Gasteiger partial charge < -0.3 is 15.8 Å². The van der Waals surface area contributed by atoms with E-state index in [4.69, 9.17) is 0 Å². The van der Waals surface area contributed by atoms with E-state index < -0.39 is 4.92 Å². The Hall–Kier alpha value is -3.79. The Morgan fingerprint density at radius 2 is 2.00 bits per heavy atom. The number of benzene rings is 2. The molecule has 28 heavy (non-hydrogen) atoms. The predicted molar refractivity (Wildman–Crippen MR) is 105 cm³/mol. The van der Waals surface area contributed by atoms with Crippen LogP contribution in [-0.2, 0) is 0 Å². The number of anilines is 2. The van der Waals surface area contributed by atoms with Crippen LogP contribution in [-0.4, -0.2) is 31.9 Å². The van der Waals surface area contributed by atoms with Crippen LogP contribution >= 0.6 is 0 Å². The van der Waals surface area contributed by atoms with Gasteiger partial charge in [0.25, 0.3) is 5.69 Å². The summed E-state index contributed by atoms with van der Waals surface area (Å²) < 4.78 is 0. The minimum atomic E-state index is -0.474. The number of hydrogen-bond acceptors (Lipinski definition) is 8. The van der Waals surface area contributed by atoms with Gasteiger partial charge in [0.15, 0.2) is 11.6 Å². The molecule has 10 nitrogen and oxygen atoms in total. The Labute approximate surface area is 159 Å². The van der Waals surface area contributed by atoms with Gasteiger partial charge in [-0.15, -0.1) is 0 Å². The number of phenolic OH excluding ortho intramolecular Hbond substituents is 1. The summed E-state index contributed by atoms with van der Waals surface area (Å²) in [4.78, 5) is 24.2. The van der Waals surface area contributed by atoms with Gasteiger partial charge in [-0.05, 0) is 37.3 Å². The van der Waals surface area contributed by atoms with E-state index in [-0.39, 0.29) is 17.5 Å². The number of nitrogens with one attached hydrogen (secondary N) is 3. The molecular formula is C18H17N7O3. The average Bonchev–Trinajstić information content (AvgIpc) is 3.08. The minimum absolute atomic E-state index is 0.0630. The molecule has 10 heteroatoms. The van der Waals surface area contributed by atoms with Crippen molar-refractivity contribution in [3.63, 3.8) is 0 Å². The van der Waals surface area contributed by atoms with Crippen molar-refractivity contribution in [2.45, 2.75) is 19.4 Å². The normalized spacial score (nSPS) is 17.6. The van der Waals surface area contributed by atoms with Gasteiger partial charge in [0.05, 0.1) is 16.0 Å². The predicted octanol–water partition coefficient (Wildman–Crippen LogP) is 2.90. The average molecular weight is 379 g/mol. The summed E-state index contributed by atoms with van der Waals surface area (Å²) in [6.07, 6.45) is 0.707. The molecule has 0 saturated carbocycles. The van der Waals surface area contributed by atoms with Crippen LogP contribution in [0.25, 0.3) is 11.0 Å². The zero-order valence-electron chi connectivity index (χ0n) is 14.9. The standard InChI is InChI=1S/C18H17N7O3/c1-10-8-16(24-23-10)22-18-17(19-11-2-5-13(26)6-3-11)21-15-9-12(25(27)28)4-7-14(15)20-18/h2-7,9-10,23,26H,8H2,1H3,(H,19,21)(H,20,22,24). The number of phenols is 1. The lowest BCUT2D eigenvalue weighted by Gasteiger charge is -2.10. The lowest BCUT2D eigenvalue weighted by atomic mass is 10.2. The maximum Gasteiger partial charge on any atom is 0.271 e. The number of nitro benzene ring substituents is 1. The molecule has 0 amide bonds. The van der Waals surface area contributed by atoms with Crippen LogP contribution < -0.4 is 16.2 Å². The Morgan fingerprint density at radius 1 is 1.21 bits per heavy atom. The van der Waals surface area contributed by atoms with Crippen LogP contribution in [0.5, 0.6) is 5.75 Å². The first kappa shape index (κ1) is 17.6. The largest absolute Gasteiger partial charge is 0.508 e. The van der Waals surface area contributed by atoms with Crippen LogP contribution in [0.1, 0.15) is 13.3 Å². The highest BCUT2D eigenvalue weighted by Gasteiger charge is 2.18. The molecule has 1 aromatic heterocycles. The van der Waals surface area contributed by atoms with E-state index in [1.54, 1.807) is 18.2 Å². The molecular weight excluding hydrogens is 362 g/mol. The number of aliphatic imine (C=N–C) groups is 1. The van der Waals surface area contributed by atoms with Crippen molar-refractivity contribution in [2.75, 3.05) is 5.32 Å². The van der Waals surface area contributed by atoms with Gasteiger partial charge in [-0.25, -0.2) is 20.4 Å². The summed E-state index contributed by atoms with van der Waals surface area (Å²) in [6.45, 7) is 2.02. The lowest BCUT2D eigenvalue weighted by Crippen LogP contribution is -2.29. The van der Waals surface area contributed by atoms with E-state index in [0.29, 0.717) is 34.8 Å². The van der Waals surface area contributed by atoms with Gasteiger partial charge in [-0.1, -0.05) is 0 Å². The molecule has 1 aliphatic heterocycles. The zero-order valence-corrected chi connectivity index (χ0v) is 14.9. The van der Waals surface area contributed by atoms with E-state index in [2.05, 4.69) is 31.1 Å². The number of amidine groups is 1. The molecule has 1 unspecified atom stereocenters. The van der Waals surface area contributed by atoms with Crippen LogP contribution in [0.3, 0.4) is 0 Å².